The number of carbonyl (C=O) groups is 1. The van der Waals surface area contributed by atoms with E-state index in [1.54, 1.807) is 0 Å². The van der Waals surface area contributed by atoms with Crippen molar-refractivity contribution in [1.82, 2.24) is 0 Å². The van der Waals surface area contributed by atoms with Crippen molar-refractivity contribution in [3.8, 4) is 0 Å². The molecule has 0 fully saturated rings. The number of hydrogen-bond donors (Lipinski definition) is 1. The molecule has 0 spiro atoms. The molecule has 90 valence electrons. The maximum absolute atomic E-state index is 11.4. The fourth-order valence-corrected chi connectivity index (χ4v) is 0.891. The Hall–Kier alpha value is -0.610. The topological polar surface area (TPSA) is 61.5 Å². The molecule has 0 radical (unpaired) electrons. The summed E-state index contributed by atoms with van der Waals surface area (Å²) in [5.41, 5.74) is 5.46. The van der Waals surface area contributed by atoms with Gasteiger partial charge in [0.05, 0.1) is 6.61 Å². The van der Waals surface area contributed by atoms with E-state index in [2.05, 4.69) is 0 Å². The fourth-order valence-electron chi connectivity index (χ4n) is 0.891. The van der Waals surface area contributed by atoms with E-state index in [4.69, 9.17) is 15.2 Å². The highest BCUT2D eigenvalue weighted by Crippen LogP contribution is 2.17. The van der Waals surface area contributed by atoms with Crippen LogP contribution in [0.2, 0.25) is 0 Å². The standard InChI is InChI=1S/C11H23NO3/c1-5-6-14-7-8-15-10(13)9(12)11(2,3)4/h9H,5-8,12H2,1-4H3. The van der Waals surface area contributed by atoms with Gasteiger partial charge in [-0.1, -0.05) is 27.7 Å². The van der Waals surface area contributed by atoms with Crippen molar-refractivity contribution >= 4 is 5.97 Å². The van der Waals surface area contributed by atoms with E-state index < -0.39 is 6.04 Å². The van der Waals surface area contributed by atoms with Crippen molar-refractivity contribution in [1.29, 1.82) is 0 Å². The van der Waals surface area contributed by atoms with Crippen LogP contribution >= 0.6 is 0 Å². The summed E-state index contributed by atoms with van der Waals surface area (Å²) in [5.74, 6) is -0.359. The largest absolute Gasteiger partial charge is 0.462 e. The second kappa shape index (κ2) is 6.80. The second-order valence-corrected chi connectivity index (χ2v) is 4.62. The number of carbonyl (C=O) groups excluding carboxylic acids is 1. The molecule has 0 aromatic rings. The van der Waals surface area contributed by atoms with Gasteiger partial charge < -0.3 is 15.2 Å². The van der Waals surface area contributed by atoms with Gasteiger partial charge in [-0.2, -0.15) is 0 Å². The predicted molar refractivity (Wildman–Crippen MR) is 59.5 cm³/mol. The zero-order valence-electron chi connectivity index (χ0n) is 10.2. The van der Waals surface area contributed by atoms with Gasteiger partial charge in [0, 0.05) is 6.61 Å². The Kier molecular flexibility index (Phi) is 6.52. The molecule has 0 aliphatic heterocycles. The van der Waals surface area contributed by atoms with E-state index in [0.29, 0.717) is 13.2 Å². The lowest BCUT2D eigenvalue weighted by atomic mass is 9.87. The summed E-state index contributed by atoms with van der Waals surface area (Å²) in [6, 6.07) is -0.580. The first-order chi connectivity index (χ1) is 6.89. The van der Waals surface area contributed by atoms with Crippen LogP contribution in [-0.4, -0.2) is 31.8 Å². The number of hydrogen-bond acceptors (Lipinski definition) is 4. The molecular weight excluding hydrogens is 194 g/mol. The molecule has 0 amide bonds. The van der Waals surface area contributed by atoms with Gasteiger partial charge in [0.1, 0.15) is 12.6 Å². The number of rotatable bonds is 6. The quantitative estimate of drug-likeness (QED) is 0.538. The minimum absolute atomic E-state index is 0.263. The Labute approximate surface area is 92.1 Å². The van der Waals surface area contributed by atoms with E-state index in [9.17, 15) is 4.79 Å². The average molecular weight is 217 g/mol. The van der Waals surface area contributed by atoms with Crippen LogP contribution < -0.4 is 5.73 Å². The Bertz CT molecular complexity index is 187. The van der Waals surface area contributed by atoms with Gasteiger partial charge in [-0.05, 0) is 11.8 Å². The van der Waals surface area contributed by atoms with Gasteiger partial charge in [-0.15, -0.1) is 0 Å². The molecule has 0 saturated carbocycles. The third kappa shape index (κ3) is 6.47. The van der Waals surface area contributed by atoms with Crippen LogP contribution in [0.1, 0.15) is 34.1 Å². The van der Waals surface area contributed by atoms with Crippen LogP contribution in [0.5, 0.6) is 0 Å². The highest BCUT2D eigenvalue weighted by Gasteiger charge is 2.28. The van der Waals surface area contributed by atoms with Crippen LogP contribution in [0.4, 0.5) is 0 Å². The zero-order chi connectivity index (χ0) is 11.9. The van der Waals surface area contributed by atoms with Gasteiger partial charge in [0.25, 0.3) is 0 Å². The van der Waals surface area contributed by atoms with Crippen LogP contribution in [0.3, 0.4) is 0 Å². The second-order valence-electron chi connectivity index (χ2n) is 4.62. The zero-order valence-corrected chi connectivity index (χ0v) is 10.2. The highest BCUT2D eigenvalue weighted by molar-refractivity contribution is 5.76. The van der Waals surface area contributed by atoms with E-state index in [0.717, 1.165) is 6.42 Å². The summed E-state index contributed by atoms with van der Waals surface area (Å²) in [6.45, 7) is 9.18. The summed E-state index contributed by atoms with van der Waals surface area (Å²) in [7, 11) is 0. The molecule has 0 rings (SSSR count). The van der Waals surface area contributed by atoms with Gasteiger partial charge in [0.2, 0.25) is 0 Å². The average Bonchev–Trinajstić information content (AvgIpc) is 2.14. The maximum atomic E-state index is 11.4. The molecular formula is C11H23NO3. The third-order valence-corrected chi connectivity index (χ3v) is 2.01. The monoisotopic (exact) mass is 217 g/mol. The molecule has 1 unspecified atom stereocenters. The summed E-state index contributed by atoms with van der Waals surface area (Å²) >= 11 is 0. The van der Waals surface area contributed by atoms with Gasteiger partial charge in [-0.25, -0.2) is 0 Å². The van der Waals surface area contributed by atoms with Crippen molar-refractivity contribution in [2.45, 2.75) is 40.2 Å². The van der Waals surface area contributed by atoms with Gasteiger partial charge in [0.15, 0.2) is 0 Å². The summed E-state index contributed by atoms with van der Waals surface area (Å²) in [6.07, 6.45) is 0.968. The van der Waals surface area contributed by atoms with Crippen LogP contribution in [-0.2, 0) is 14.3 Å². The maximum Gasteiger partial charge on any atom is 0.323 e. The first-order valence-electron chi connectivity index (χ1n) is 5.39. The highest BCUT2D eigenvalue weighted by atomic mass is 16.6. The smallest absolute Gasteiger partial charge is 0.323 e. The fraction of sp³-hybridized carbons (Fsp3) is 0.909. The molecule has 0 aromatic carbocycles. The number of nitrogens with two attached hydrogens (primary N) is 1. The van der Waals surface area contributed by atoms with Crippen LogP contribution in [0.15, 0.2) is 0 Å². The van der Waals surface area contributed by atoms with Crippen molar-refractivity contribution in [3.63, 3.8) is 0 Å². The Morgan fingerprint density at radius 3 is 2.33 bits per heavy atom. The van der Waals surface area contributed by atoms with Crippen molar-refractivity contribution in [2.75, 3.05) is 19.8 Å². The molecule has 4 heteroatoms. The molecule has 2 N–H and O–H groups in total. The lowest BCUT2D eigenvalue weighted by Gasteiger charge is -2.24. The SMILES string of the molecule is CCCOCCOC(=O)C(N)C(C)(C)C. The predicted octanol–water partition coefficient (Wildman–Crippen LogP) is 1.33. The van der Waals surface area contributed by atoms with Crippen molar-refractivity contribution in [3.05, 3.63) is 0 Å². The van der Waals surface area contributed by atoms with Gasteiger partial charge >= 0.3 is 5.97 Å². The molecule has 4 nitrogen and oxygen atoms in total. The van der Waals surface area contributed by atoms with Crippen molar-refractivity contribution < 1.29 is 14.3 Å². The lowest BCUT2D eigenvalue weighted by Crippen LogP contribution is -2.43. The molecule has 15 heavy (non-hydrogen) atoms. The molecule has 0 aliphatic rings. The Morgan fingerprint density at radius 2 is 1.87 bits per heavy atom. The van der Waals surface area contributed by atoms with Crippen LogP contribution in [0.25, 0.3) is 0 Å². The van der Waals surface area contributed by atoms with E-state index in [-0.39, 0.29) is 18.0 Å². The van der Waals surface area contributed by atoms with E-state index in [1.165, 1.54) is 0 Å². The first-order valence-corrected chi connectivity index (χ1v) is 5.39. The molecule has 0 aliphatic carbocycles. The molecule has 0 bridgehead atoms. The summed E-state index contributed by atoms with van der Waals surface area (Å²) < 4.78 is 10.2. The summed E-state index contributed by atoms with van der Waals surface area (Å²) in [5, 5.41) is 0. The molecule has 0 aromatic heterocycles. The molecule has 1 atom stereocenters. The number of ether oxygens (including phenoxy) is 2. The molecule has 0 saturated heterocycles. The third-order valence-electron chi connectivity index (χ3n) is 2.01. The van der Waals surface area contributed by atoms with E-state index >= 15 is 0 Å². The van der Waals surface area contributed by atoms with Gasteiger partial charge in [-0.3, -0.25) is 4.79 Å². The Morgan fingerprint density at radius 1 is 1.27 bits per heavy atom. The minimum atomic E-state index is -0.580. The number of esters is 1. The van der Waals surface area contributed by atoms with Crippen LogP contribution in [0, 0.1) is 5.41 Å². The Balaban J connectivity index is 3.66. The minimum Gasteiger partial charge on any atom is -0.462 e. The van der Waals surface area contributed by atoms with Crippen molar-refractivity contribution in [2.24, 2.45) is 11.1 Å². The normalized spacial score (nSPS) is 13.7. The van der Waals surface area contributed by atoms with E-state index in [1.807, 2.05) is 27.7 Å². The summed E-state index contributed by atoms with van der Waals surface area (Å²) in [4.78, 5) is 11.4. The lowest BCUT2D eigenvalue weighted by molar-refractivity contribution is -0.149. The molecule has 0 heterocycles. The first kappa shape index (κ1) is 14.4.